The first kappa shape index (κ1) is 34.3. The largest absolute Gasteiger partial charge is 0.460 e. The van der Waals surface area contributed by atoms with Gasteiger partial charge in [0.15, 0.2) is 0 Å². The molecule has 0 radical (unpaired) electrons. The van der Waals surface area contributed by atoms with Gasteiger partial charge in [-0.1, -0.05) is 87.6 Å². The van der Waals surface area contributed by atoms with Gasteiger partial charge in [0.1, 0.15) is 12.1 Å². The molecule has 5 heteroatoms. The number of aromatic nitrogens is 1. The van der Waals surface area contributed by atoms with Crippen LogP contribution >= 0.6 is 0 Å². The van der Waals surface area contributed by atoms with Gasteiger partial charge in [-0.05, 0) is 82.4 Å². The number of hydrogen-bond donors (Lipinski definition) is 2. The molecule has 0 saturated carbocycles. The monoisotopic (exact) mass is 535 g/mol. The van der Waals surface area contributed by atoms with Gasteiger partial charge in [0.25, 0.3) is 0 Å². The summed E-state index contributed by atoms with van der Waals surface area (Å²) in [6.07, 6.45) is 34.0. The summed E-state index contributed by atoms with van der Waals surface area (Å²) in [5, 5.41) is 6.74. The van der Waals surface area contributed by atoms with E-state index in [4.69, 9.17) is 4.74 Å². The average Bonchev–Trinajstić information content (AvgIpc) is 2.92. The standard InChI is InChI=1S/C34H53N3O2/c1-5-6-7-8-9-10-11-12-13-14-15-16-17-18-19-20-21-22-26-37-33(30(2)3)34(38)39-31(4)27-36-29-32-24-23-25-35-28-32/h6-7,9-10,12-13,15-16,18-19,23-25,28,30-31,33,36-37H,5,8,11,14,17,20-22,26-27,29H2,1-4H3/b7-6-,10-9?,13-12?,16-15-,19-18-/t31-,33+/m1/s1. The van der Waals surface area contributed by atoms with Crippen LogP contribution in [0.25, 0.3) is 0 Å². The van der Waals surface area contributed by atoms with E-state index in [9.17, 15) is 4.79 Å². The van der Waals surface area contributed by atoms with E-state index in [0.717, 1.165) is 63.5 Å². The third kappa shape index (κ3) is 19.9. The second-order valence-corrected chi connectivity index (χ2v) is 10.1. The lowest BCUT2D eigenvalue weighted by atomic mass is 10.0. The van der Waals surface area contributed by atoms with Crippen LogP contribution in [-0.4, -0.2) is 36.2 Å². The van der Waals surface area contributed by atoms with Gasteiger partial charge in [-0.2, -0.15) is 0 Å². The Balaban J connectivity index is 2.10. The van der Waals surface area contributed by atoms with Crippen LogP contribution in [0.5, 0.6) is 0 Å². The van der Waals surface area contributed by atoms with Crippen molar-refractivity contribution >= 4 is 5.97 Å². The summed E-state index contributed by atoms with van der Waals surface area (Å²) in [5.41, 5.74) is 1.11. The molecule has 0 fully saturated rings. The van der Waals surface area contributed by atoms with Gasteiger partial charge in [0.05, 0.1) is 0 Å². The highest BCUT2D eigenvalue weighted by Crippen LogP contribution is 2.07. The lowest BCUT2D eigenvalue weighted by molar-refractivity contribution is -0.151. The van der Waals surface area contributed by atoms with Gasteiger partial charge in [0.2, 0.25) is 0 Å². The fourth-order valence-corrected chi connectivity index (χ4v) is 3.84. The molecule has 2 N–H and O–H groups in total. The zero-order valence-electron chi connectivity index (χ0n) is 24.9. The van der Waals surface area contributed by atoms with Crippen LogP contribution in [0.2, 0.25) is 0 Å². The normalized spacial score (nSPS) is 14.1. The Morgan fingerprint density at radius 1 is 0.897 bits per heavy atom. The van der Waals surface area contributed by atoms with Crippen LogP contribution in [0.4, 0.5) is 0 Å². The lowest BCUT2D eigenvalue weighted by Crippen LogP contribution is -2.44. The molecule has 1 aromatic heterocycles. The smallest absolute Gasteiger partial charge is 0.323 e. The molecule has 0 aliphatic rings. The number of unbranched alkanes of at least 4 members (excludes halogenated alkanes) is 2. The zero-order valence-corrected chi connectivity index (χ0v) is 24.9. The molecule has 0 unspecified atom stereocenters. The highest BCUT2D eigenvalue weighted by molar-refractivity contribution is 5.76. The average molecular weight is 536 g/mol. The molecule has 216 valence electrons. The van der Waals surface area contributed by atoms with E-state index >= 15 is 0 Å². The van der Waals surface area contributed by atoms with Crippen LogP contribution in [0.3, 0.4) is 0 Å². The van der Waals surface area contributed by atoms with E-state index in [0.29, 0.717) is 13.1 Å². The summed E-state index contributed by atoms with van der Waals surface area (Å²) in [6.45, 7) is 10.3. The summed E-state index contributed by atoms with van der Waals surface area (Å²) in [5.74, 6) is 0.0116. The molecule has 2 atom stereocenters. The van der Waals surface area contributed by atoms with E-state index in [1.54, 1.807) is 6.20 Å². The Bertz CT molecular complexity index is 872. The number of ether oxygens (including phenoxy) is 1. The quantitative estimate of drug-likeness (QED) is 0.0907. The van der Waals surface area contributed by atoms with E-state index in [2.05, 4.69) is 97.1 Å². The van der Waals surface area contributed by atoms with Crippen molar-refractivity contribution in [2.24, 2.45) is 5.92 Å². The molecule has 5 nitrogen and oxygen atoms in total. The van der Waals surface area contributed by atoms with Crippen LogP contribution in [-0.2, 0) is 16.1 Å². The summed E-state index contributed by atoms with van der Waals surface area (Å²) in [7, 11) is 0. The lowest BCUT2D eigenvalue weighted by Gasteiger charge is -2.23. The van der Waals surface area contributed by atoms with Crippen molar-refractivity contribution in [2.75, 3.05) is 13.1 Å². The van der Waals surface area contributed by atoms with Gasteiger partial charge in [0, 0.05) is 25.5 Å². The predicted octanol–water partition coefficient (Wildman–Crippen LogP) is 7.64. The van der Waals surface area contributed by atoms with Gasteiger partial charge < -0.3 is 15.4 Å². The summed E-state index contributed by atoms with van der Waals surface area (Å²) in [6, 6.07) is 3.67. The summed E-state index contributed by atoms with van der Waals surface area (Å²) < 4.78 is 5.70. The number of esters is 1. The third-order valence-electron chi connectivity index (χ3n) is 6.04. The van der Waals surface area contributed by atoms with E-state index in [1.165, 1.54) is 0 Å². The molecular weight excluding hydrogens is 482 g/mol. The first-order valence-electron chi connectivity index (χ1n) is 14.8. The molecule has 1 rings (SSSR count). The number of pyridine rings is 1. The zero-order chi connectivity index (χ0) is 28.4. The molecule has 0 spiro atoms. The van der Waals surface area contributed by atoms with Crippen molar-refractivity contribution < 1.29 is 9.53 Å². The minimum Gasteiger partial charge on any atom is -0.460 e. The van der Waals surface area contributed by atoms with Crippen molar-refractivity contribution in [1.29, 1.82) is 0 Å². The minimum absolute atomic E-state index is 0.168. The number of hydrogen-bond acceptors (Lipinski definition) is 5. The number of carbonyl (C=O) groups excluding carboxylic acids is 1. The maximum absolute atomic E-state index is 12.7. The Kier molecular flexibility index (Phi) is 21.3. The van der Waals surface area contributed by atoms with Gasteiger partial charge in [-0.15, -0.1) is 0 Å². The van der Waals surface area contributed by atoms with Crippen LogP contribution < -0.4 is 10.6 Å². The SMILES string of the molecule is CC/C=C\CC=CCC=CC/C=C\C/C=C\CCCCN[C@H](C(=O)O[C@H](C)CNCc1cccnc1)C(C)C. The van der Waals surface area contributed by atoms with Gasteiger partial charge in [-0.3, -0.25) is 9.78 Å². The molecule has 1 aromatic rings. The molecule has 0 amide bonds. The number of rotatable bonds is 22. The third-order valence-corrected chi connectivity index (χ3v) is 6.04. The molecule has 0 bridgehead atoms. The first-order chi connectivity index (χ1) is 19.0. The van der Waals surface area contributed by atoms with Crippen molar-refractivity contribution in [3.05, 3.63) is 90.9 Å². The second kappa shape index (κ2) is 24.3. The van der Waals surface area contributed by atoms with Crippen molar-refractivity contribution in [2.45, 2.75) is 97.8 Å². The van der Waals surface area contributed by atoms with Crippen LogP contribution in [0, 0.1) is 5.92 Å². The Morgan fingerprint density at radius 2 is 1.51 bits per heavy atom. The Morgan fingerprint density at radius 3 is 2.08 bits per heavy atom. The number of nitrogens with zero attached hydrogens (tertiary/aromatic N) is 1. The predicted molar refractivity (Wildman–Crippen MR) is 166 cm³/mol. The van der Waals surface area contributed by atoms with E-state index in [-0.39, 0.29) is 24.0 Å². The minimum atomic E-state index is -0.278. The fourth-order valence-electron chi connectivity index (χ4n) is 3.84. The summed E-state index contributed by atoms with van der Waals surface area (Å²) >= 11 is 0. The van der Waals surface area contributed by atoms with E-state index in [1.807, 2.05) is 25.3 Å². The number of nitrogens with one attached hydrogen (secondary N) is 2. The van der Waals surface area contributed by atoms with Crippen molar-refractivity contribution in [1.82, 2.24) is 15.6 Å². The van der Waals surface area contributed by atoms with Crippen LogP contribution in [0.15, 0.2) is 85.3 Å². The maximum atomic E-state index is 12.7. The summed E-state index contributed by atoms with van der Waals surface area (Å²) in [4.78, 5) is 16.8. The maximum Gasteiger partial charge on any atom is 0.323 e. The Labute approximate surface area is 238 Å². The van der Waals surface area contributed by atoms with Gasteiger partial charge >= 0.3 is 5.97 Å². The highest BCUT2D eigenvalue weighted by Gasteiger charge is 2.24. The molecule has 0 aliphatic carbocycles. The second-order valence-electron chi connectivity index (χ2n) is 10.1. The molecule has 0 aliphatic heterocycles. The molecule has 0 aromatic carbocycles. The molecule has 0 saturated heterocycles. The van der Waals surface area contributed by atoms with E-state index < -0.39 is 0 Å². The van der Waals surface area contributed by atoms with Gasteiger partial charge in [-0.25, -0.2) is 0 Å². The first-order valence-corrected chi connectivity index (χ1v) is 14.8. The highest BCUT2D eigenvalue weighted by atomic mass is 16.5. The van der Waals surface area contributed by atoms with Crippen molar-refractivity contribution in [3.8, 4) is 0 Å². The topological polar surface area (TPSA) is 63.2 Å². The fraction of sp³-hybridized carbons (Fsp3) is 0.529. The molecule has 1 heterocycles. The molecule has 39 heavy (non-hydrogen) atoms. The van der Waals surface area contributed by atoms with Crippen molar-refractivity contribution in [3.63, 3.8) is 0 Å². The number of allylic oxidation sites excluding steroid dienone is 10. The molecular formula is C34H53N3O2. The van der Waals surface area contributed by atoms with Crippen LogP contribution in [0.1, 0.15) is 84.6 Å². The number of carbonyl (C=O) groups is 1. The Hall–Kier alpha value is -2.76.